The zero-order valence-corrected chi connectivity index (χ0v) is 12.2. The first-order valence-corrected chi connectivity index (χ1v) is 7.63. The van der Waals surface area contributed by atoms with E-state index in [1.54, 1.807) is 0 Å². The van der Waals surface area contributed by atoms with Gasteiger partial charge in [-0.25, -0.2) is 22.3 Å². The standard InChI is InChI=1S/C14H12F2N2O3S/c1-8-5-6-11(13(16)12(8)15)14(19)18-9-3-2-4-10(7-9)22(17,20)21/h2-7H,1H3,(H,18,19)(H2,17,20,21). The number of sulfonamides is 1. The van der Waals surface area contributed by atoms with Gasteiger partial charge < -0.3 is 5.32 Å². The fraction of sp³-hybridized carbons (Fsp3) is 0.0714. The van der Waals surface area contributed by atoms with Crippen LogP contribution in [0.15, 0.2) is 41.3 Å². The van der Waals surface area contributed by atoms with E-state index in [9.17, 15) is 22.0 Å². The average molecular weight is 326 g/mol. The molecule has 0 heterocycles. The number of carbonyl (C=O) groups excluding carboxylic acids is 1. The number of rotatable bonds is 3. The third kappa shape index (κ3) is 3.29. The normalized spacial score (nSPS) is 11.3. The Hall–Kier alpha value is -2.32. The molecule has 0 atom stereocenters. The molecule has 0 unspecified atom stereocenters. The highest BCUT2D eigenvalue weighted by Crippen LogP contribution is 2.19. The van der Waals surface area contributed by atoms with Crippen LogP contribution in [0.2, 0.25) is 0 Å². The molecular weight excluding hydrogens is 314 g/mol. The summed E-state index contributed by atoms with van der Waals surface area (Å²) in [5.74, 6) is -3.27. The summed E-state index contributed by atoms with van der Waals surface area (Å²) in [4.78, 5) is 11.8. The van der Waals surface area contributed by atoms with Gasteiger partial charge in [0.15, 0.2) is 11.6 Å². The first kappa shape index (κ1) is 16.1. The van der Waals surface area contributed by atoms with Gasteiger partial charge in [-0.2, -0.15) is 0 Å². The van der Waals surface area contributed by atoms with Crippen molar-refractivity contribution in [1.29, 1.82) is 0 Å². The van der Waals surface area contributed by atoms with E-state index in [0.717, 1.165) is 12.1 Å². The van der Waals surface area contributed by atoms with Crippen LogP contribution in [-0.2, 0) is 10.0 Å². The quantitative estimate of drug-likeness (QED) is 0.906. The van der Waals surface area contributed by atoms with Gasteiger partial charge in [-0.3, -0.25) is 4.79 Å². The molecule has 2 aromatic carbocycles. The fourth-order valence-corrected chi connectivity index (χ4v) is 2.33. The third-order valence-electron chi connectivity index (χ3n) is 2.94. The number of nitrogens with two attached hydrogens (primary N) is 1. The van der Waals surface area contributed by atoms with E-state index in [0.29, 0.717) is 0 Å². The zero-order chi connectivity index (χ0) is 16.5. The first-order chi connectivity index (χ1) is 10.2. The number of hydrogen-bond donors (Lipinski definition) is 2. The molecule has 0 bridgehead atoms. The molecule has 0 aliphatic heterocycles. The van der Waals surface area contributed by atoms with Crippen molar-refractivity contribution < 1.29 is 22.0 Å². The summed E-state index contributed by atoms with van der Waals surface area (Å²) in [6.07, 6.45) is 0. The van der Waals surface area contributed by atoms with Crippen molar-refractivity contribution in [3.05, 3.63) is 59.2 Å². The van der Waals surface area contributed by atoms with Crippen LogP contribution in [0.5, 0.6) is 0 Å². The minimum atomic E-state index is -3.93. The van der Waals surface area contributed by atoms with Crippen LogP contribution in [0.25, 0.3) is 0 Å². The van der Waals surface area contributed by atoms with Crippen molar-refractivity contribution in [2.45, 2.75) is 11.8 Å². The number of halogens is 2. The van der Waals surface area contributed by atoms with Crippen molar-refractivity contribution in [3.8, 4) is 0 Å². The number of anilines is 1. The van der Waals surface area contributed by atoms with E-state index in [1.165, 1.54) is 31.2 Å². The molecule has 0 saturated carbocycles. The van der Waals surface area contributed by atoms with Crippen LogP contribution >= 0.6 is 0 Å². The molecule has 5 nitrogen and oxygen atoms in total. The Morgan fingerprint density at radius 2 is 1.82 bits per heavy atom. The summed E-state index contributed by atoms with van der Waals surface area (Å²) in [5.41, 5.74) is -0.314. The van der Waals surface area contributed by atoms with E-state index in [-0.39, 0.29) is 16.1 Å². The molecule has 0 aliphatic carbocycles. The fourth-order valence-electron chi connectivity index (χ4n) is 1.77. The van der Waals surface area contributed by atoms with Crippen LogP contribution in [-0.4, -0.2) is 14.3 Å². The molecule has 116 valence electrons. The molecule has 0 aromatic heterocycles. The maximum absolute atomic E-state index is 13.7. The molecule has 2 rings (SSSR count). The second-order valence-electron chi connectivity index (χ2n) is 4.58. The molecule has 2 aromatic rings. The highest BCUT2D eigenvalue weighted by Gasteiger charge is 2.17. The third-order valence-corrected chi connectivity index (χ3v) is 3.85. The van der Waals surface area contributed by atoms with Crippen molar-refractivity contribution in [3.63, 3.8) is 0 Å². The Kier molecular flexibility index (Phi) is 4.25. The van der Waals surface area contributed by atoms with E-state index in [4.69, 9.17) is 5.14 Å². The molecule has 0 saturated heterocycles. The topological polar surface area (TPSA) is 89.3 Å². The number of hydrogen-bond acceptors (Lipinski definition) is 3. The van der Waals surface area contributed by atoms with Gasteiger partial charge in [-0.1, -0.05) is 12.1 Å². The summed E-state index contributed by atoms with van der Waals surface area (Å²) in [6.45, 7) is 1.37. The van der Waals surface area contributed by atoms with Crippen LogP contribution in [0.4, 0.5) is 14.5 Å². The van der Waals surface area contributed by atoms with Crippen molar-refractivity contribution in [2.75, 3.05) is 5.32 Å². The second-order valence-corrected chi connectivity index (χ2v) is 6.15. The highest BCUT2D eigenvalue weighted by molar-refractivity contribution is 7.89. The highest BCUT2D eigenvalue weighted by atomic mass is 32.2. The minimum Gasteiger partial charge on any atom is -0.322 e. The molecule has 0 radical (unpaired) electrons. The van der Waals surface area contributed by atoms with Crippen molar-refractivity contribution in [1.82, 2.24) is 0 Å². The van der Waals surface area contributed by atoms with Gasteiger partial charge in [0.25, 0.3) is 5.91 Å². The second kappa shape index (κ2) is 5.82. The van der Waals surface area contributed by atoms with Gasteiger partial charge in [-0.15, -0.1) is 0 Å². The number of nitrogens with one attached hydrogen (secondary N) is 1. The number of primary sulfonamides is 1. The van der Waals surface area contributed by atoms with Crippen molar-refractivity contribution in [2.24, 2.45) is 5.14 Å². The van der Waals surface area contributed by atoms with Gasteiger partial charge in [0, 0.05) is 5.69 Å². The van der Waals surface area contributed by atoms with E-state index >= 15 is 0 Å². The number of amides is 1. The van der Waals surface area contributed by atoms with E-state index in [1.807, 2.05) is 0 Å². The lowest BCUT2D eigenvalue weighted by Gasteiger charge is -2.08. The molecule has 1 amide bonds. The molecule has 0 fully saturated rings. The Bertz CT molecular complexity index is 851. The summed E-state index contributed by atoms with van der Waals surface area (Å²) in [7, 11) is -3.93. The predicted molar refractivity (Wildman–Crippen MR) is 76.9 cm³/mol. The zero-order valence-electron chi connectivity index (χ0n) is 11.4. The van der Waals surface area contributed by atoms with Crippen LogP contribution in [0, 0.1) is 18.6 Å². The van der Waals surface area contributed by atoms with Crippen LogP contribution in [0.1, 0.15) is 15.9 Å². The van der Waals surface area contributed by atoms with Gasteiger partial charge in [-0.05, 0) is 36.8 Å². The maximum atomic E-state index is 13.7. The van der Waals surface area contributed by atoms with Crippen LogP contribution < -0.4 is 10.5 Å². The van der Waals surface area contributed by atoms with Crippen molar-refractivity contribution >= 4 is 21.6 Å². The summed E-state index contributed by atoms with van der Waals surface area (Å²) < 4.78 is 49.7. The molecular formula is C14H12F2N2O3S. The maximum Gasteiger partial charge on any atom is 0.258 e. The molecule has 22 heavy (non-hydrogen) atoms. The van der Waals surface area contributed by atoms with E-state index in [2.05, 4.69) is 5.32 Å². The Morgan fingerprint density at radius 1 is 1.14 bits per heavy atom. The van der Waals surface area contributed by atoms with Crippen LogP contribution in [0.3, 0.4) is 0 Å². The molecule has 3 N–H and O–H groups in total. The average Bonchev–Trinajstić information content (AvgIpc) is 2.44. The van der Waals surface area contributed by atoms with Gasteiger partial charge in [0.2, 0.25) is 10.0 Å². The van der Waals surface area contributed by atoms with Gasteiger partial charge in [0.05, 0.1) is 10.5 Å². The largest absolute Gasteiger partial charge is 0.322 e. The SMILES string of the molecule is Cc1ccc(C(=O)Nc2cccc(S(N)(=O)=O)c2)c(F)c1F. The molecule has 8 heteroatoms. The number of carbonyl (C=O) groups is 1. The smallest absolute Gasteiger partial charge is 0.258 e. The van der Waals surface area contributed by atoms with E-state index < -0.39 is 33.1 Å². The van der Waals surface area contributed by atoms with Gasteiger partial charge >= 0.3 is 0 Å². The first-order valence-electron chi connectivity index (χ1n) is 6.09. The monoisotopic (exact) mass is 326 g/mol. The Morgan fingerprint density at radius 3 is 2.45 bits per heavy atom. The summed E-state index contributed by atoms with van der Waals surface area (Å²) in [6, 6.07) is 7.55. The Labute approximate surface area is 125 Å². The summed E-state index contributed by atoms with van der Waals surface area (Å²) in [5, 5.41) is 7.27. The predicted octanol–water partition coefficient (Wildman–Crippen LogP) is 2.17. The van der Waals surface area contributed by atoms with Gasteiger partial charge in [0.1, 0.15) is 0 Å². The minimum absolute atomic E-state index is 0.0743. The molecule has 0 spiro atoms. The molecule has 0 aliphatic rings. The lowest BCUT2D eigenvalue weighted by Crippen LogP contribution is -2.16. The lowest BCUT2D eigenvalue weighted by atomic mass is 10.1. The number of benzene rings is 2. The summed E-state index contributed by atoms with van der Waals surface area (Å²) >= 11 is 0. The Balaban J connectivity index is 2.32. The lowest BCUT2D eigenvalue weighted by molar-refractivity contribution is 0.102. The number of aryl methyl sites for hydroxylation is 1.